The summed E-state index contributed by atoms with van der Waals surface area (Å²) < 4.78 is 33.2. The van der Waals surface area contributed by atoms with E-state index >= 15 is 0 Å². The molecule has 2 aromatic rings. The van der Waals surface area contributed by atoms with Gasteiger partial charge in [-0.1, -0.05) is 30.3 Å². The van der Waals surface area contributed by atoms with E-state index in [1.165, 1.54) is 16.8 Å². The zero-order chi connectivity index (χ0) is 18.3. The van der Waals surface area contributed by atoms with Gasteiger partial charge < -0.3 is 4.74 Å². The highest BCUT2D eigenvalue weighted by atomic mass is 32.2. The molecule has 0 saturated heterocycles. The Labute approximate surface area is 145 Å². The van der Waals surface area contributed by atoms with Crippen LogP contribution in [-0.2, 0) is 21.5 Å². The molecule has 1 unspecified atom stereocenters. The van der Waals surface area contributed by atoms with Gasteiger partial charge in [0.2, 0.25) is 10.0 Å². The van der Waals surface area contributed by atoms with Crippen molar-refractivity contribution in [1.82, 2.24) is 14.3 Å². The summed E-state index contributed by atoms with van der Waals surface area (Å²) in [5, 5.41) is 0. The Morgan fingerprint density at radius 2 is 1.92 bits per heavy atom. The summed E-state index contributed by atoms with van der Waals surface area (Å²) in [6.07, 6.45) is 1.61. The van der Waals surface area contributed by atoms with Crippen molar-refractivity contribution >= 4 is 10.0 Å². The van der Waals surface area contributed by atoms with Crippen molar-refractivity contribution in [2.45, 2.75) is 26.1 Å². The van der Waals surface area contributed by atoms with Crippen molar-refractivity contribution in [3.63, 3.8) is 0 Å². The van der Waals surface area contributed by atoms with Crippen molar-refractivity contribution in [2.75, 3.05) is 12.4 Å². The fourth-order valence-corrected chi connectivity index (χ4v) is 3.49. The topological polar surface area (TPSA) is 110 Å². The van der Waals surface area contributed by atoms with Crippen LogP contribution in [0.5, 0.6) is 0 Å². The second-order valence-corrected chi connectivity index (χ2v) is 7.41. The molecule has 8 nitrogen and oxygen atoms in total. The normalized spacial score (nSPS) is 12.8. The maximum Gasteiger partial charge on any atom is 0.330 e. The van der Waals surface area contributed by atoms with Crippen LogP contribution in [0.2, 0.25) is 0 Å². The number of nitrogens with zero attached hydrogens (tertiary/aromatic N) is 1. The van der Waals surface area contributed by atoms with Gasteiger partial charge in [-0.25, -0.2) is 17.9 Å². The zero-order valence-electron chi connectivity index (χ0n) is 13.8. The van der Waals surface area contributed by atoms with Crippen LogP contribution in [0.1, 0.15) is 24.9 Å². The van der Waals surface area contributed by atoms with Crippen molar-refractivity contribution in [3.05, 3.63) is 69.0 Å². The number of ether oxygens (including phenoxy) is 1. The van der Waals surface area contributed by atoms with Gasteiger partial charge in [0.25, 0.3) is 5.56 Å². The highest BCUT2D eigenvalue weighted by molar-refractivity contribution is 7.89. The quantitative estimate of drug-likeness (QED) is 0.630. The molecule has 2 N–H and O–H groups in total. The lowest BCUT2D eigenvalue weighted by Gasteiger charge is -2.14. The van der Waals surface area contributed by atoms with Crippen LogP contribution in [0.4, 0.5) is 0 Å². The molecule has 0 aliphatic rings. The molecule has 0 aliphatic heterocycles. The van der Waals surface area contributed by atoms with E-state index < -0.39 is 21.3 Å². The summed E-state index contributed by atoms with van der Waals surface area (Å²) in [5.41, 5.74) is -0.163. The molecule has 2 rings (SSSR count). The molecule has 1 heterocycles. The first-order valence-corrected chi connectivity index (χ1v) is 9.45. The average molecular weight is 367 g/mol. The molecule has 0 bridgehead atoms. The summed E-state index contributed by atoms with van der Waals surface area (Å²) in [6.45, 7) is 1.90. The van der Waals surface area contributed by atoms with Crippen LogP contribution in [0.3, 0.4) is 0 Å². The molecule has 0 aliphatic carbocycles. The molecule has 136 valence electrons. The van der Waals surface area contributed by atoms with Gasteiger partial charge in [0.05, 0.1) is 5.75 Å². The van der Waals surface area contributed by atoms with Crippen molar-refractivity contribution in [2.24, 2.45) is 0 Å². The summed E-state index contributed by atoms with van der Waals surface area (Å²) in [5.74, 6) is -0.0787. The van der Waals surface area contributed by atoms with Crippen LogP contribution >= 0.6 is 0 Å². The number of sulfonamides is 1. The first kappa shape index (κ1) is 19.1. The van der Waals surface area contributed by atoms with E-state index in [4.69, 9.17) is 4.74 Å². The number of H-pyrrole nitrogens is 1. The summed E-state index contributed by atoms with van der Waals surface area (Å²) in [6, 6.07) is 10.2. The van der Waals surface area contributed by atoms with Crippen molar-refractivity contribution in [1.29, 1.82) is 0 Å². The minimum Gasteiger partial charge on any atom is -0.361 e. The Morgan fingerprint density at radius 1 is 1.20 bits per heavy atom. The largest absolute Gasteiger partial charge is 0.361 e. The molecule has 1 atom stereocenters. The lowest BCUT2D eigenvalue weighted by Crippen LogP contribution is -2.30. The van der Waals surface area contributed by atoms with Gasteiger partial charge in [0.15, 0.2) is 0 Å². The summed E-state index contributed by atoms with van der Waals surface area (Å²) in [4.78, 5) is 24.5. The number of nitrogens with one attached hydrogen (secondary N) is 2. The Balaban J connectivity index is 1.75. The van der Waals surface area contributed by atoms with Gasteiger partial charge in [-0.05, 0) is 18.9 Å². The molecule has 1 aromatic carbocycles. The van der Waals surface area contributed by atoms with E-state index in [2.05, 4.69) is 9.71 Å². The van der Waals surface area contributed by atoms with Gasteiger partial charge in [-0.15, -0.1) is 0 Å². The first-order chi connectivity index (χ1) is 11.9. The average Bonchev–Trinajstić information content (AvgIpc) is 2.56. The van der Waals surface area contributed by atoms with Gasteiger partial charge in [-0.2, -0.15) is 0 Å². The second kappa shape index (κ2) is 8.75. The standard InChI is InChI=1S/C16H21N3O5S/c1-13(14-6-3-2-4-7-14)18-25(22,23)11-5-10-24-12-19-9-8-15(20)17-16(19)21/h2-4,6-9,13,18H,5,10-12H2,1H3,(H,17,20,21). The SMILES string of the molecule is CC(NS(=O)(=O)CCCOCn1ccc(=O)[nH]c1=O)c1ccccc1. The minimum absolute atomic E-state index is 0.0521. The monoisotopic (exact) mass is 367 g/mol. The fraction of sp³-hybridized carbons (Fsp3) is 0.375. The molecule has 0 spiro atoms. The summed E-state index contributed by atoms with van der Waals surface area (Å²) in [7, 11) is -3.43. The molecule has 25 heavy (non-hydrogen) atoms. The molecule has 9 heteroatoms. The fourth-order valence-electron chi connectivity index (χ4n) is 2.20. The van der Waals surface area contributed by atoms with Crippen LogP contribution in [0.25, 0.3) is 0 Å². The number of rotatable bonds is 9. The first-order valence-electron chi connectivity index (χ1n) is 7.80. The Hall–Kier alpha value is -2.23. The van der Waals surface area contributed by atoms with Crippen molar-refractivity contribution in [3.8, 4) is 0 Å². The van der Waals surface area contributed by atoms with E-state index in [9.17, 15) is 18.0 Å². The Bertz CT molecular complexity index is 890. The molecular weight excluding hydrogens is 346 g/mol. The lowest BCUT2D eigenvalue weighted by atomic mass is 10.1. The van der Waals surface area contributed by atoms with Gasteiger partial charge in [-0.3, -0.25) is 14.3 Å². The summed E-state index contributed by atoms with van der Waals surface area (Å²) >= 11 is 0. The number of benzene rings is 1. The van der Waals surface area contributed by atoms with E-state index in [0.717, 1.165) is 5.56 Å². The lowest BCUT2D eigenvalue weighted by molar-refractivity contribution is 0.0744. The van der Waals surface area contributed by atoms with E-state index in [0.29, 0.717) is 0 Å². The Morgan fingerprint density at radius 3 is 2.60 bits per heavy atom. The van der Waals surface area contributed by atoms with E-state index in [-0.39, 0.29) is 31.6 Å². The second-order valence-electron chi connectivity index (χ2n) is 5.54. The smallest absolute Gasteiger partial charge is 0.330 e. The predicted octanol–water partition coefficient (Wildman–Crippen LogP) is 0.581. The third-order valence-electron chi connectivity index (χ3n) is 3.48. The number of hydrogen-bond donors (Lipinski definition) is 2. The third kappa shape index (κ3) is 6.29. The predicted molar refractivity (Wildman–Crippen MR) is 93.7 cm³/mol. The van der Waals surface area contributed by atoms with Crippen molar-refractivity contribution < 1.29 is 13.2 Å². The zero-order valence-corrected chi connectivity index (χ0v) is 14.7. The third-order valence-corrected chi connectivity index (χ3v) is 5.02. The Kier molecular flexibility index (Phi) is 6.68. The maximum atomic E-state index is 12.1. The maximum absolute atomic E-state index is 12.1. The van der Waals surface area contributed by atoms with Crippen LogP contribution in [0, 0.1) is 0 Å². The molecule has 0 saturated carbocycles. The van der Waals surface area contributed by atoms with E-state index in [1.807, 2.05) is 30.3 Å². The number of aromatic amines is 1. The highest BCUT2D eigenvalue weighted by Gasteiger charge is 2.15. The van der Waals surface area contributed by atoms with Gasteiger partial charge >= 0.3 is 5.69 Å². The van der Waals surface area contributed by atoms with Crippen LogP contribution < -0.4 is 16.0 Å². The van der Waals surface area contributed by atoms with Crippen LogP contribution in [0.15, 0.2) is 52.2 Å². The van der Waals surface area contributed by atoms with Gasteiger partial charge in [0.1, 0.15) is 6.73 Å². The number of aromatic nitrogens is 2. The van der Waals surface area contributed by atoms with Gasteiger partial charge in [0, 0.05) is 24.9 Å². The molecular formula is C16H21N3O5S. The highest BCUT2D eigenvalue weighted by Crippen LogP contribution is 2.12. The van der Waals surface area contributed by atoms with E-state index in [1.54, 1.807) is 6.92 Å². The molecule has 0 amide bonds. The molecule has 0 radical (unpaired) electrons. The molecule has 1 aromatic heterocycles. The number of hydrogen-bond acceptors (Lipinski definition) is 5. The van der Waals surface area contributed by atoms with Crippen LogP contribution in [-0.4, -0.2) is 30.3 Å². The molecule has 0 fully saturated rings. The minimum atomic E-state index is -3.43.